The normalized spacial score (nSPS) is 11.6. The third-order valence-corrected chi connectivity index (χ3v) is 2.79. The summed E-state index contributed by atoms with van der Waals surface area (Å²) >= 11 is 0. The molecule has 106 valence electrons. The number of benzene rings is 1. The van der Waals surface area contributed by atoms with Gasteiger partial charge in [-0.05, 0) is 24.1 Å². The van der Waals surface area contributed by atoms with E-state index in [1.165, 1.54) is 11.0 Å². The molecule has 0 bridgehead atoms. The van der Waals surface area contributed by atoms with E-state index >= 15 is 0 Å². The molecule has 1 rings (SSSR count). The average Bonchev–Trinajstić information content (AvgIpc) is 2.27. The second kappa shape index (κ2) is 5.55. The lowest BCUT2D eigenvalue weighted by molar-refractivity contribution is -0.137. The summed E-state index contributed by atoms with van der Waals surface area (Å²) in [5.74, 6) is 0.155. The van der Waals surface area contributed by atoms with Crippen LogP contribution in [0.5, 0.6) is 0 Å². The molecule has 0 atom stereocenters. The molecule has 1 aromatic rings. The van der Waals surface area contributed by atoms with Crippen LogP contribution in [0.1, 0.15) is 19.4 Å². The van der Waals surface area contributed by atoms with Crippen molar-refractivity contribution in [3.05, 3.63) is 36.0 Å². The highest BCUT2D eigenvalue weighted by atomic mass is 19.4. The van der Waals surface area contributed by atoms with Gasteiger partial charge in [0.05, 0.1) is 5.56 Å². The minimum absolute atomic E-state index is 0.146. The lowest BCUT2D eigenvalue weighted by atomic mass is 10.1. The molecule has 0 saturated carbocycles. The zero-order chi connectivity index (χ0) is 14.8. The van der Waals surface area contributed by atoms with E-state index in [1.807, 2.05) is 13.8 Å². The fourth-order valence-electron chi connectivity index (χ4n) is 1.56. The molecular weight excluding hydrogens is 253 g/mol. The molecule has 1 N–H and O–H groups in total. The molecule has 0 unspecified atom stereocenters. The lowest BCUT2D eigenvalue weighted by Crippen LogP contribution is -2.17. The van der Waals surface area contributed by atoms with Crippen molar-refractivity contribution in [3.8, 4) is 0 Å². The molecule has 0 radical (unpaired) electrons. The Bertz CT molecular complexity index is 462. The molecule has 0 aliphatic carbocycles. The SMILES string of the molecule is C=C(Nc1ccc(N(C)C)c(C(F)(F)F)c1)C(C)C. The number of alkyl halides is 3. The van der Waals surface area contributed by atoms with E-state index in [0.29, 0.717) is 11.4 Å². The topological polar surface area (TPSA) is 15.3 Å². The Labute approximate surface area is 111 Å². The average molecular weight is 272 g/mol. The van der Waals surface area contributed by atoms with Crippen molar-refractivity contribution < 1.29 is 13.2 Å². The summed E-state index contributed by atoms with van der Waals surface area (Å²) in [4.78, 5) is 1.45. The highest BCUT2D eigenvalue weighted by molar-refractivity contribution is 5.62. The second-order valence-electron chi connectivity index (χ2n) is 4.93. The van der Waals surface area contributed by atoms with Crippen LogP contribution >= 0.6 is 0 Å². The summed E-state index contributed by atoms with van der Waals surface area (Å²) in [6, 6.07) is 4.19. The molecule has 0 saturated heterocycles. The van der Waals surface area contributed by atoms with Gasteiger partial charge in [0.2, 0.25) is 0 Å². The number of hydrogen-bond acceptors (Lipinski definition) is 2. The van der Waals surface area contributed by atoms with Crippen LogP contribution < -0.4 is 10.2 Å². The van der Waals surface area contributed by atoms with Gasteiger partial charge in [0.15, 0.2) is 0 Å². The van der Waals surface area contributed by atoms with Crippen LogP contribution in [0.2, 0.25) is 0 Å². The largest absolute Gasteiger partial charge is 0.418 e. The molecule has 5 heteroatoms. The van der Waals surface area contributed by atoms with Gasteiger partial charge < -0.3 is 10.2 Å². The van der Waals surface area contributed by atoms with E-state index in [1.54, 1.807) is 20.2 Å². The van der Waals surface area contributed by atoms with Crippen molar-refractivity contribution in [2.75, 3.05) is 24.3 Å². The molecule has 19 heavy (non-hydrogen) atoms. The van der Waals surface area contributed by atoms with Gasteiger partial charge in [0.1, 0.15) is 0 Å². The standard InChI is InChI=1S/C14H19F3N2/c1-9(2)10(3)18-11-6-7-13(19(4)5)12(8-11)14(15,16)17/h6-9,18H,3H2,1-2,4-5H3. The molecule has 0 heterocycles. The summed E-state index contributed by atoms with van der Waals surface area (Å²) in [5, 5.41) is 2.91. The van der Waals surface area contributed by atoms with Crippen molar-refractivity contribution in [1.29, 1.82) is 0 Å². The number of hydrogen-bond donors (Lipinski definition) is 1. The Morgan fingerprint density at radius 1 is 1.26 bits per heavy atom. The van der Waals surface area contributed by atoms with Gasteiger partial charge in [0.25, 0.3) is 0 Å². The van der Waals surface area contributed by atoms with Crippen molar-refractivity contribution in [2.24, 2.45) is 5.92 Å². The fraction of sp³-hybridized carbons (Fsp3) is 0.429. The third-order valence-electron chi connectivity index (χ3n) is 2.79. The van der Waals surface area contributed by atoms with Crippen molar-refractivity contribution >= 4 is 11.4 Å². The zero-order valence-corrected chi connectivity index (χ0v) is 11.6. The van der Waals surface area contributed by atoms with Gasteiger partial charge in [-0.1, -0.05) is 20.4 Å². The zero-order valence-electron chi connectivity index (χ0n) is 11.6. The Morgan fingerprint density at radius 3 is 2.26 bits per heavy atom. The second-order valence-corrected chi connectivity index (χ2v) is 4.93. The van der Waals surface area contributed by atoms with Crippen molar-refractivity contribution in [2.45, 2.75) is 20.0 Å². The van der Waals surface area contributed by atoms with E-state index in [0.717, 1.165) is 6.07 Å². The number of allylic oxidation sites excluding steroid dienone is 1. The fourth-order valence-corrected chi connectivity index (χ4v) is 1.56. The summed E-state index contributed by atoms with van der Waals surface area (Å²) < 4.78 is 39.0. The number of halogens is 3. The van der Waals surface area contributed by atoms with Gasteiger partial charge in [-0.25, -0.2) is 0 Å². The highest BCUT2D eigenvalue weighted by Crippen LogP contribution is 2.37. The predicted molar refractivity (Wildman–Crippen MR) is 73.4 cm³/mol. The first-order valence-electron chi connectivity index (χ1n) is 5.97. The molecule has 0 amide bonds. The van der Waals surface area contributed by atoms with E-state index < -0.39 is 11.7 Å². The summed E-state index contributed by atoms with van der Waals surface area (Å²) in [6.45, 7) is 7.65. The molecular formula is C14H19F3N2. The van der Waals surface area contributed by atoms with Gasteiger partial charge >= 0.3 is 6.18 Å². The van der Waals surface area contributed by atoms with Crippen LogP contribution in [0, 0.1) is 5.92 Å². The summed E-state index contributed by atoms with van der Waals surface area (Å²) in [5.41, 5.74) is 0.578. The number of nitrogens with zero attached hydrogens (tertiary/aromatic N) is 1. The lowest BCUT2D eigenvalue weighted by Gasteiger charge is -2.21. The van der Waals surface area contributed by atoms with Crippen LogP contribution in [-0.2, 0) is 6.18 Å². The molecule has 0 aliphatic rings. The maximum Gasteiger partial charge on any atom is 0.418 e. The predicted octanol–water partition coefficient (Wildman–Crippen LogP) is 4.35. The van der Waals surface area contributed by atoms with E-state index in [4.69, 9.17) is 0 Å². The van der Waals surface area contributed by atoms with E-state index in [2.05, 4.69) is 11.9 Å². The van der Waals surface area contributed by atoms with Gasteiger partial charge in [0, 0.05) is 31.2 Å². The molecule has 1 aromatic carbocycles. The van der Waals surface area contributed by atoms with Crippen molar-refractivity contribution in [1.82, 2.24) is 0 Å². The monoisotopic (exact) mass is 272 g/mol. The Kier molecular flexibility index (Phi) is 4.50. The Hall–Kier alpha value is -1.65. The summed E-state index contributed by atoms with van der Waals surface area (Å²) in [7, 11) is 3.18. The number of anilines is 2. The maximum atomic E-state index is 13.0. The van der Waals surface area contributed by atoms with Crippen LogP contribution in [0.15, 0.2) is 30.5 Å². The van der Waals surface area contributed by atoms with E-state index in [9.17, 15) is 13.2 Å². The number of nitrogens with one attached hydrogen (secondary N) is 1. The third kappa shape index (κ3) is 3.91. The van der Waals surface area contributed by atoms with Gasteiger partial charge in [-0.15, -0.1) is 0 Å². The molecule has 0 fully saturated rings. The van der Waals surface area contributed by atoms with Crippen LogP contribution in [-0.4, -0.2) is 14.1 Å². The molecule has 0 spiro atoms. The smallest absolute Gasteiger partial charge is 0.377 e. The van der Waals surface area contributed by atoms with Crippen LogP contribution in [0.3, 0.4) is 0 Å². The van der Waals surface area contributed by atoms with E-state index in [-0.39, 0.29) is 11.6 Å². The van der Waals surface area contributed by atoms with Crippen LogP contribution in [0.25, 0.3) is 0 Å². The van der Waals surface area contributed by atoms with Gasteiger partial charge in [-0.3, -0.25) is 0 Å². The first-order valence-corrected chi connectivity index (χ1v) is 5.97. The number of rotatable bonds is 4. The summed E-state index contributed by atoms with van der Waals surface area (Å²) in [6.07, 6.45) is -4.38. The molecule has 0 aliphatic heterocycles. The minimum Gasteiger partial charge on any atom is -0.377 e. The van der Waals surface area contributed by atoms with Gasteiger partial charge in [-0.2, -0.15) is 13.2 Å². The minimum atomic E-state index is -4.38. The highest BCUT2D eigenvalue weighted by Gasteiger charge is 2.34. The Morgan fingerprint density at radius 2 is 1.84 bits per heavy atom. The first-order chi connectivity index (χ1) is 8.62. The maximum absolute atomic E-state index is 13.0. The molecule has 2 nitrogen and oxygen atoms in total. The quantitative estimate of drug-likeness (QED) is 0.876. The Balaban J connectivity index is 3.16. The van der Waals surface area contributed by atoms with Crippen LogP contribution in [0.4, 0.5) is 24.5 Å². The van der Waals surface area contributed by atoms with Crippen molar-refractivity contribution in [3.63, 3.8) is 0 Å². The first kappa shape index (κ1) is 15.4. The molecule has 0 aromatic heterocycles.